The molecule has 2 amide bonds. The molecule has 0 aliphatic heterocycles. The zero-order valence-electron chi connectivity index (χ0n) is 13.7. The lowest BCUT2D eigenvalue weighted by atomic mass is 10.2. The van der Waals surface area contributed by atoms with Gasteiger partial charge in [0.1, 0.15) is 5.75 Å². The Morgan fingerprint density at radius 3 is 2.64 bits per heavy atom. The summed E-state index contributed by atoms with van der Waals surface area (Å²) < 4.78 is 10.7. The van der Waals surface area contributed by atoms with Gasteiger partial charge in [-0.1, -0.05) is 36.4 Å². The summed E-state index contributed by atoms with van der Waals surface area (Å²) in [5.41, 5.74) is 1.78. The van der Waals surface area contributed by atoms with E-state index in [4.69, 9.17) is 9.15 Å². The van der Waals surface area contributed by atoms with E-state index in [9.17, 15) is 4.79 Å². The molecule has 2 aromatic carbocycles. The van der Waals surface area contributed by atoms with E-state index >= 15 is 0 Å². The largest absolute Gasteiger partial charge is 0.497 e. The predicted octanol–water partition coefficient (Wildman–Crippen LogP) is 2.74. The molecule has 0 aliphatic carbocycles. The van der Waals surface area contributed by atoms with Gasteiger partial charge in [-0.3, -0.25) is 0 Å². The lowest BCUT2D eigenvalue weighted by Gasteiger charge is -2.05. The molecular weight excluding hydrogens is 320 g/mol. The number of amides is 2. The number of hydrogen-bond acceptors (Lipinski definition) is 5. The number of benzene rings is 2. The molecule has 3 rings (SSSR count). The van der Waals surface area contributed by atoms with Crippen molar-refractivity contribution >= 4 is 6.03 Å². The Balaban J connectivity index is 1.52. The first-order valence-corrected chi connectivity index (χ1v) is 7.77. The minimum Gasteiger partial charge on any atom is -0.497 e. The third kappa shape index (κ3) is 4.57. The van der Waals surface area contributed by atoms with Crippen molar-refractivity contribution < 1.29 is 13.9 Å². The summed E-state index contributed by atoms with van der Waals surface area (Å²) in [6.07, 6.45) is 0. The van der Waals surface area contributed by atoms with E-state index in [1.54, 1.807) is 13.2 Å². The van der Waals surface area contributed by atoms with E-state index in [0.29, 0.717) is 24.1 Å². The molecule has 0 aliphatic rings. The van der Waals surface area contributed by atoms with E-state index in [-0.39, 0.29) is 12.6 Å². The Morgan fingerprint density at radius 2 is 1.84 bits per heavy atom. The minimum atomic E-state index is -0.301. The van der Waals surface area contributed by atoms with Gasteiger partial charge in [-0.05, 0) is 23.8 Å². The first kappa shape index (κ1) is 16.5. The Labute approximate surface area is 145 Å². The summed E-state index contributed by atoms with van der Waals surface area (Å²) >= 11 is 0. The van der Waals surface area contributed by atoms with Crippen LogP contribution < -0.4 is 15.4 Å². The molecule has 0 saturated carbocycles. The van der Waals surface area contributed by atoms with Crippen molar-refractivity contribution in [2.75, 3.05) is 7.11 Å². The van der Waals surface area contributed by atoms with Gasteiger partial charge in [0.15, 0.2) is 0 Å². The molecular formula is C18H18N4O3. The molecule has 7 nitrogen and oxygen atoms in total. The zero-order chi connectivity index (χ0) is 17.5. The summed E-state index contributed by atoms with van der Waals surface area (Å²) in [7, 11) is 1.59. The first-order chi connectivity index (χ1) is 12.2. The molecule has 2 N–H and O–H groups in total. The number of methoxy groups -OCH3 is 1. The van der Waals surface area contributed by atoms with Gasteiger partial charge in [-0.15, -0.1) is 10.2 Å². The van der Waals surface area contributed by atoms with Crippen LogP contribution in [-0.4, -0.2) is 23.3 Å². The third-order valence-corrected chi connectivity index (χ3v) is 3.48. The van der Waals surface area contributed by atoms with Crippen LogP contribution in [0.1, 0.15) is 11.5 Å². The highest BCUT2D eigenvalue weighted by atomic mass is 16.5. The molecule has 0 atom stereocenters. The fourth-order valence-corrected chi connectivity index (χ4v) is 2.19. The van der Waals surface area contributed by atoms with Crippen molar-refractivity contribution in [3.8, 4) is 17.2 Å². The van der Waals surface area contributed by atoms with Gasteiger partial charge >= 0.3 is 6.03 Å². The molecule has 0 bridgehead atoms. The number of aromatic nitrogens is 2. The normalized spacial score (nSPS) is 10.3. The van der Waals surface area contributed by atoms with Crippen LogP contribution >= 0.6 is 0 Å². The second-order valence-corrected chi connectivity index (χ2v) is 5.25. The number of rotatable bonds is 6. The third-order valence-electron chi connectivity index (χ3n) is 3.48. The van der Waals surface area contributed by atoms with Crippen LogP contribution in [0, 0.1) is 0 Å². The maximum Gasteiger partial charge on any atom is 0.315 e. The second-order valence-electron chi connectivity index (χ2n) is 5.25. The second kappa shape index (κ2) is 7.96. The van der Waals surface area contributed by atoms with E-state index < -0.39 is 0 Å². The Morgan fingerprint density at radius 1 is 1.04 bits per heavy atom. The number of ether oxygens (including phenoxy) is 1. The maximum absolute atomic E-state index is 11.8. The first-order valence-electron chi connectivity index (χ1n) is 7.77. The highest BCUT2D eigenvalue weighted by molar-refractivity contribution is 5.73. The molecule has 0 fully saturated rings. The molecule has 0 spiro atoms. The topological polar surface area (TPSA) is 89.3 Å². The fourth-order valence-electron chi connectivity index (χ4n) is 2.19. The average molecular weight is 338 g/mol. The number of urea groups is 1. The van der Waals surface area contributed by atoms with Crippen LogP contribution in [-0.2, 0) is 13.1 Å². The van der Waals surface area contributed by atoms with E-state index in [0.717, 1.165) is 11.1 Å². The van der Waals surface area contributed by atoms with Crippen molar-refractivity contribution in [3.05, 3.63) is 66.1 Å². The number of nitrogens with one attached hydrogen (secondary N) is 2. The van der Waals surface area contributed by atoms with Crippen molar-refractivity contribution in [1.82, 2.24) is 20.8 Å². The summed E-state index contributed by atoms with van der Waals surface area (Å²) in [5, 5.41) is 13.4. The molecule has 3 aromatic rings. The van der Waals surface area contributed by atoms with Gasteiger partial charge in [0.25, 0.3) is 0 Å². The quantitative estimate of drug-likeness (QED) is 0.721. The zero-order valence-corrected chi connectivity index (χ0v) is 13.7. The average Bonchev–Trinajstić information content (AvgIpc) is 3.15. The summed E-state index contributed by atoms with van der Waals surface area (Å²) in [4.78, 5) is 11.8. The molecule has 128 valence electrons. The Hall–Kier alpha value is -3.35. The number of nitrogens with zero attached hydrogens (tertiary/aromatic N) is 2. The van der Waals surface area contributed by atoms with Crippen molar-refractivity contribution in [3.63, 3.8) is 0 Å². The Bertz CT molecular complexity index is 833. The van der Waals surface area contributed by atoms with Crippen LogP contribution in [0.2, 0.25) is 0 Å². The van der Waals surface area contributed by atoms with Gasteiger partial charge in [0.05, 0.1) is 13.7 Å². The van der Waals surface area contributed by atoms with Gasteiger partial charge in [-0.25, -0.2) is 4.79 Å². The van der Waals surface area contributed by atoms with Gasteiger partial charge < -0.3 is 19.8 Å². The number of hydrogen-bond donors (Lipinski definition) is 2. The molecule has 25 heavy (non-hydrogen) atoms. The Kier molecular flexibility index (Phi) is 5.26. The molecule has 1 aromatic heterocycles. The minimum absolute atomic E-state index is 0.150. The number of carbonyl (C=O) groups is 1. The predicted molar refractivity (Wildman–Crippen MR) is 91.8 cm³/mol. The standard InChI is InChI=1S/C18H18N4O3/c1-24-15-9-5-8-14(10-15)17-22-21-16(25-17)12-20-18(23)19-11-13-6-3-2-4-7-13/h2-10H,11-12H2,1H3,(H2,19,20,23). The monoisotopic (exact) mass is 338 g/mol. The summed E-state index contributed by atoms with van der Waals surface area (Å²) in [5.74, 6) is 1.41. The summed E-state index contributed by atoms with van der Waals surface area (Å²) in [6, 6.07) is 16.7. The van der Waals surface area contributed by atoms with Crippen LogP contribution in [0.3, 0.4) is 0 Å². The lowest BCUT2D eigenvalue weighted by Crippen LogP contribution is -2.34. The molecule has 0 saturated heterocycles. The lowest BCUT2D eigenvalue weighted by molar-refractivity contribution is 0.239. The van der Waals surface area contributed by atoms with Crippen LogP contribution in [0.15, 0.2) is 59.0 Å². The highest BCUT2D eigenvalue weighted by Gasteiger charge is 2.10. The smallest absolute Gasteiger partial charge is 0.315 e. The summed E-state index contributed by atoms with van der Waals surface area (Å²) in [6.45, 7) is 0.600. The van der Waals surface area contributed by atoms with Crippen molar-refractivity contribution in [1.29, 1.82) is 0 Å². The van der Waals surface area contributed by atoms with E-state index in [2.05, 4.69) is 20.8 Å². The maximum atomic E-state index is 11.8. The van der Waals surface area contributed by atoms with Crippen molar-refractivity contribution in [2.24, 2.45) is 0 Å². The van der Waals surface area contributed by atoms with Crippen LogP contribution in [0.4, 0.5) is 4.79 Å². The van der Waals surface area contributed by atoms with Crippen LogP contribution in [0.25, 0.3) is 11.5 Å². The van der Waals surface area contributed by atoms with E-state index in [1.165, 1.54) is 0 Å². The molecule has 7 heteroatoms. The molecule has 0 radical (unpaired) electrons. The SMILES string of the molecule is COc1cccc(-c2nnc(CNC(=O)NCc3ccccc3)o2)c1. The highest BCUT2D eigenvalue weighted by Crippen LogP contribution is 2.22. The van der Waals surface area contributed by atoms with Crippen LogP contribution in [0.5, 0.6) is 5.75 Å². The molecule has 1 heterocycles. The van der Waals surface area contributed by atoms with Crippen molar-refractivity contribution in [2.45, 2.75) is 13.1 Å². The number of carbonyl (C=O) groups excluding carboxylic acids is 1. The molecule has 0 unspecified atom stereocenters. The van der Waals surface area contributed by atoms with Gasteiger partial charge in [-0.2, -0.15) is 0 Å². The van der Waals surface area contributed by atoms with Gasteiger partial charge in [0.2, 0.25) is 11.8 Å². The fraction of sp³-hybridized carbons (Fsp3) is 0.167. The van der Waals surface area contributed by atoms with Gasteiger partial charge in [0, 0.05) is 12.1 Å². The van der Waals surface area contributed by atoms with E-state index in [1.807, 2.05) is 48.5 Å².